The van der Waals surface area contributed by atoms with Gasteiger partial charge in [0.25, 0.3) is 0 Å². The van der Waals surface area contributed by atoms with Crippen LogP contribution in [0.4, 0.5) is 10.5 Å². The number of hydrogen-bond donors (Lipinski definition) is 2. The average Bonchev–Trinajstić information content (AvgIpc) is 2.29. The minimum Gasteiger partial charge on any atom is -0.481 e. The lowest BCUT2D eigenvalue weighted by atomic mass is 10.2. The standard InChI is InChI=1S/C13H18N2O3/c1-3-15(8-7-12(16)17)13(18)14-11-6-4-5-10(2)9-11/h4-6,9H,3,7-8H2,1-2H3,(H,14,18)(H,16,17). The van der Waals surface area contributed by atoms with Crippen LogP contribution in [0.2, 0.25) is 0 Å². The molecule has 0 atom stereocenters. The van der Waals surface area contributed by atoms with Crippen molar-refractivity contribution in [3.05, 3.63) is 29.8 Å². The fourth-order valence-corrected chi connectivity index (χ4v) is 1.56. The number of hydrogen-bond acceptors (Lipinski definition) is 2. The zero-order chi connectivity index (χ0) is 13.5. The Kier molecular flexibility index (Phi) is 5.17. The first-order valence-corrected chi connectivity index (χ1v) is 5.87. The molecule has 0 aliphatic heterocycles. The molecule has 0 fully saturated rings. The van der Waals surface area contributed by atoms with E-state index in [-0.39, 0.29) is 19.0 Å². The molecular formula is C13H18N2O3. The number of aliphatic carboxylic acids is 1. The second kappa shape index (κ2) is 6.64. The molecule has 0 heterocycles. The summed E-state index contributed by atoms with van der Waals surface area (Å²) in [7, 11) is 0. The lowest BCUT2D eigenvalue weighted by Gasteiger charge is -2.20. The SMILES string of the molecule is CCN(CCC(=O)O)C(=O)Nc1cccc(C)c1. The number of rotatable bonds is 5. The van der Waals surface area contributed by atoms with Crippen LogP contribution in [0.25, 0.3) is 0 Å². The van der Waals surface area contributed by atoms with Gasteiger partial charge in [-0.3, -0.25) is 4.79 Å². The van der Waals surface area contributed by atoms with Crippen molar-refractivity contribution in [2.45, 2.75) is 20.3 Å². The van der Waals surface area contributed by atoms with Crippen molar-refractivity contribution in [3.8, 4) is 0 Å². The Labute approximate surface area is 106 Å². The van der Waals surface area contributed by atoms with Crippen LogP contribution in [0.3, 0.4) is 0 Å². The summed E-state index contributed by atoms with van der Waals surface area (Å²) in [6.45, 7) is 4.45. The van der Waals surface area contributed by atoms with Gasteiger partial charge in [0.2, 0.25) is 0 Å². The predicted octanol–water partition coefficient (Wildman–Crippen LogP) is 2.32. The number of benzene rings is 1. The molecule has 0 aromatic heterocycles. The van der Waals surface area contributed by atoms with E-state index in [1.54, 1.807) is 6.07 Å². The maximum atomic E-state index is 11.9. The van der Waals surface area contributed by atoms with Crippen LogP contribution in [0.1, 0.15) is 18.9 Å². The van der Waals surface area contributed by atoms with E-state index in [1.165, 1.54) is 4.90 Å². The van der Waals surface area contributed by atoms with Crippen molar-refractivity contribution in [2.75, 3.05) is 18.4 Å². The van der Waals surface area contributed by atoms with E-state index in [9.17, 15) is 9.59 Å². The summed E-state index contributed by atoms with van der Waals surface area (Å²) >= 11 is 0. The molecule has 5 heteroatoms. The third-order valence-electron chi connectivity index (χ3n) is 2.53. The number of anilines is 1. The molecule has 0 saturated heterocycles. The number of nitrogens with one attached hydrogen (secondary N) is 1. The largest absolute Gasteiger partial charge is 0.481 e. The highest BCUT2D eigenvalue weighted by Crippen LogP contribution is 2.10. The number of carboxylic acids is 1. The maximum Gasteiger partial charge on any atom is 0.321 e. The van der Waals surface area contributed by atoms with Gasteiger partial charge in [-0.05, 0) is 31.5 Å². The molecule has 0 aliphatic carbocycles. The fraction of sp³-hybridized carbons (Fsp3) is 0.385. The minimum atomic E-state index is -0.906. The summed E-state index contributed by atoms with van der Waals surface area (Å²) in [6, 6.07) is 7.19. The zero-order valence-corrected chi connectivity index (χ0v) is 10.6. The van der Waals surface area contributed by atoms with E-state index in [1.807, 2.05) is 32.0 Å². The number of carbonyl (C=O) groups excluding carboxylic acids is 1. The molecule has 5 nitrogen and oxygen atoms in total. The number of aryl methyl sites for hydroxylation is 1. The minimum absolute atomic E-state index is 0.0466. The molecule has 0 bridgehead atoms. The van der Waals surface area contributed by atoms with Gasteiger partial charge in [-0.1, -0.05) is 12.1 Å². The van der Waals surface area contributed by atoms with Gasteiger partial charge >= 0.3 is 12.0 Å². The lowest BCUT2D eigenvalue weighted by molar-refractivity contribution is -0.137. The summed E-state index contributed by atoms with van der Waals surface area (Å²) < 4.78 is 0. The Bertz CT molecular complexity index is 432. The molecule has 98 valence electrons. The molecule has 2 amide bonds. The number of urea groups is 1. The quantitative estimate of drug-likeness (QED) is 0.842. The van der Waals surface area contributed by atoms with Crippen LogP contribution >= 0.6 is 0 Å². The van der Waals surface area contributed by atoms with Crippen LogP contribution in [0.15, 0.2) is 24.3 Å². The fourth-order valence-electron chi connectivity index (χ4n) is 1.56. The molecule has 18 heavy (non-hydrogen) atoms. The summed E-state index contributed by atoms with van der Waals surface area (Å²) in [6.07, 6.45) is -0.0466. The van der Waals surface area contributed by atoms with Crippen molar-refractivity contribution in [3.63, 3.8) is 0 Å². The molecule has 0 aliphatic rings. The van der Waals surface area contributed by atoms with Crippen LogP contribution in [-0.4, -0.2) is 35.1 Å². The number of carbonyl (C=O) groups is 2. The van der Waals surface area contributed by atoms with Gasteiger partial charge in [0, 0.05) is 18.8 Å². The summed E-state index contributed by atoms with van der Waals surface area (Å²) in [5.41, 5.74) is 1.77. The molecule has 0 spiro atoms. The molecule has 1 aromatic carbocycles. The van der Waals surface area contributed by atoms with Crippen molar-refractivity contribution in [2.24, 2.45) is 0 Å². The Balaban J connectivity index is 2.59. The lowest BCUT2D eigenvalue weighted by Crippen LogP contribution is -2.36. The van der Waals surface area contributed by atoms with Crippen LogP contribution in [0, 0.1) is 6.92 Å². The van der Waals surface area contributed by atoms with E-state index in [4.69, 9.17) is 5.11 Å². The predicted molar refractivity (Wildman–Crippen MR) is 69.7 cm³/mol. The highest BCUT2D eigenvalue weighted by atomic mass is 16.4. The van der Waals surface area contributed by atoms with E-state index in [2.05, 4.69) is 5.32 Å². The molecule has 2 N–H and O–H groups in total. The van der Waals surface area contributed by atoms with Gasteiger partial charge in [0.1, 0.15) is 0 Å². The third-order valence-corrected chi connectivity index (χ3v) is 2.53. The van der Waals surface area contributed by atoms with Gasteiger partial charge in [-0.2, -0.15) is 0 Å². The number of amides is 2. The van der Waals surface area contributed by atoms with Crippen LogP contribution in [0.5, 0.6) is 0 Å². The van der Waals surface area contributed by atoms with Gasteiger partial charge in [0.05, 0.1) is 6.42 Å². The normalized spacial score (nSPS) is 9.89. The topological polar surface area (TPSA) is 69.6 Å². The molecule has 0 unspecified atom stereocenters. The Morgan fingerprint density at radius 1 is 1.39 bits per heavy atom. The summed E-state index contributed by atoms with van der Waals surface area (Å²) in [5.74, 6) is -0.906. The van der Waals surface area contributed by atoms with Gasteiger partial charge in [-0.15, -0.1) is 0 Å². The van der Waals surface area contributed by atoms with Crippen molar-refractivity contribution >= 4 is 17.7 Å². The monoisotopic (exact) mass is 250 g/mol. The molecule has 1 aromatic rings. The van der Waals surface area contributed by atoms with Crippen LogP contribution < -0.4 is 5.32 Å². The Hall–Kier alpha value is -2.04. The zero-order valence-electron chi connectivity index (χ0n) is 10.6. The smallest absolute Gasteiger partial charge is 0.321 e. The molecule has 1 rings (SSSR count). The van der Waals surface area contributed by atoms with Crippen molar-refractivity contribution in [1.82, 2.24) is 4.90 Å². The maximum absolute atomic E-state index is 11.9. The van der Waals surface area contributed by atoms with Crippen LogP contribution in [-0.2, 0) is 4.79 Å². The highest BCUT2D eigenvalue weighted by Gasteiger charge is 2.12. The van der Waals surface area contributed by atoms with Crippen molar-refractivity contribution < 1.29 is 14.7 Å². The highest BCUT2D eigenvalue weighted by molar-refractivity contribution is 5.89. The summed E-state index contributed by atoms with van der Waals surface area (Å²) in [5, 5.41) is 11.4. The number of nitrogens with zero attached hydrogens (tertiary/aromatic N) is 1. The first kappa shape index (κ1) is 14.0. The second-order valence-electron chi connectivity index (χ2n) is 4.02. The Morgan fingerprint density at radius 2 is 2.11 bits per heavy atom. The third kappa shape index (κ3) is 4.45. The molecule has 0 radical (unpaired) electrons. The van der Waals surface area contributed by atoms with Gasteiger partial charge in [-0.25, -0.2) is 4.79 Å². The van der Waals surface area contributed by atoms with Gasteiger partial charge in [0.15, 0.2) is 0 Å². The molecule has 0 saturated carbocycles. The van der Waals surface area contributed by atoms with Crippen molar-refractivity contribution in [1.29, 1.82) is 0 Å². The van der Waals surface area contributed by atoms with E-state index in [0.717, 1.165) is 5.56 Å². The Morgan fingerprint density at radius 3 is 2.67 bits per heavy atom. The van der Waals surface area contributed by atoms with Gasteiger partial charge < -0.3 is 15.3 Å². The first-order chi connectivity index (χ1) is 8.52. The van der Waals surface area contributed by atoms with E-state index in [0.29, 0.717) is 12.2 Å². The summed E-state index contributed by atoms with van der Waals surface area (Å²) in [4.78, 5) is 23.8. The van der Waals surface area contributed by atoms with E-state index < -0.39 is 5.97 Å². The first-order valence-electron chi connectivity index (χ1n) is 5.87. The average molecular weight is 250 g/mol. The molecular weight excluding hydrogens is 232 g/mol. The second-order valence-corrected chi connectivity index (χ2v) is 4.02. The van der Waals surface area contributed by atoms with E-state index >= 15 is 0 Å². The number of carboxylic acid groups (broad SMARTS) is 1.